The average molecular weight is 435 g/mol. The maximum Gasteiger partial charge on any atom is 0.169 e. The normalized spacial score (nSPS) is 16.9. The zero-order valence-corrected chi connectivity index (χ0v) is 18.2. The molecule has 154 valence electrons. The lowest BCUT2D eigenvalue weighted by atomic mass is 9.92. The summed E-state index contributed by atoms with van der Waals surface area (Å²) >= 11 is 12.3. The van der Waals surface area contributed by atoms with Gasteiger partial charge in [-0.2, -0.15) is 5.10 Å². The van der Waals surface area contributed by atoms with Gasteiger partial charge in [0.05, 0.1) is 23.8 Å². The number of anilines is 1. The summed E-state index contributed by atoms with van der Waals surface area (Å²) in [6, 6.07) is 2.00. The van der Waals surface area contributed by atoms with Crippen LogP contribution in [0.3, 0.4) is 0 Å². The standard InChI is InChI=1S/C21H24Cl2N4O2/c1-4-29-18(6-5-7-22)19(23)13(2)20(28)17-11-25-21-16(17)8-14(9-24-21)15-10-26-27(3)12-15/h6,8-10,12,17H,4-5,7,11H2,1-3H3,(H,24,25)/b18-6+,19-13-. The predicted octanol–water partition coefficient (Wildman–Crippen LogP) is 4.62. The second kappa shape index (κ2) is 9.46. The molecule has 0 aliphatic carbocycles. The molecule has 29 heavy (non-hydrogen) atoms. The van der Waals surface area contributed by atoms with E-state index in [4.69, 9.17) is 27.9 Å². The van der Waals surface area contributed by atoms with E-state index in [0.29, 0.717) is 41.8 Å². The number of alkyl halides is 1. The molecule has 0 radical (unpaired) electrons. The lowest BCUT2D eigenvalue weighted by Crippen LogP contribution is -2.17. The van der Waals surface area contributed by atoms with Gasteiger partial charge in [-0.3, -0.25) is 9.48 Å². The lowest BCUT2D eigenvalue weighted by molar-refractivity contribution is -0.116. The van der Waals surface area contributed by atoms with E-state index in [0.717, 1.165) is 22.5 Å². The summed E-state index contributed by atoms with van der Waals surface area (Å²) in [6.45, 7) is 4.54. The van der Waals surface area contributed by atoms with Crippen LogP contribution in [0.1, 0.15) is 31.7 Å². The van der Waals surface area contributed by atoms with E-state index in [2.05, 4.69) is 15.4 Å². The highest BCUT2D eigenvalue weighted by atomic mass is 35.5. The molecule has 0 saturated heterocycles. The van der Waals surface area contributed by atoms with E-state index in [-0.39, 0.29) is 11.7 Å². The van der Waals surface area contributed by atoms with Crippen LogP contribution in [0.4, 0.5) is 5.82 Å². The number of hydrogen-bond donors (Lipinski definition) is 1. The number of nitrogens with zero attached hydrogens (tertiary/aromatic N) is 3. The number of carbonyl (C=O) groups is 1. The fourth-order valence-corrected chi connectivity index (χ4v) is 3.61. The third-order valence-corrected chi connectivity index (χ3v) is 5.46. The van der Waals surface area contributed by atoms with Gasteiger partial charge >= 0.3 is 0 Å². The van der Waals surface area contributed by atoms with Gasteiger partial charge < -0.3 is 10.1 Å². The van der Waals surface area contributed by atoms with Crippen molar-refractivity contribution in [1.29, 1.82) is 0 Å². The topological polar surface area (TPSA) is 69.0 Å². The van der Waals surface area contributed by atoms with Gasteiger partial charge in [0.2, 0.25) is 0 Å². The number of halogens is 2. The minimum absolute atomic E-state index is 0.0529. The molecular weight excluding hydrogens is 411 g/mol. The molecule has 6 nitrogen and oxygen atoms in total. The number of Topliss-reactive ketones (excluding diaryl/α,β-unsaturated/α-hetero) is 1. The molecule has 8 heteroatoms. The Kier molecular flexibility index (Phi) is 6.98. The molecule has 1 aliphatic rings. The molecule has 1 aliphatic heterocycles. The molecule has 1 N–H and O–H groups in total. The number of hydrogen-bond acceptors (Lipinski definition) is 5. The van der Waals surface area contributed by atoms with Crippen molar-refractivity contribution in [3.8, 4) is 11.1 Å². The van der Waals surface area contributed by atoms with Gasteiger partial charge in [-0.05, 0) is 32.4 Å². The van der Waals surface area contributed by atoms with Crippen LogP contribution in [0.15, 0.2) is 47.1 Å². The molecule has 3 rings (SSSR count). The molecule has 1 unspecified atom stereocenters. The first-order chi connectivity index (χ1) is 14.0. The van der Waals surface area contributed by atoms with Gasteiger partial charge in [0.25, 0.3) is 0 Å². The number of aryl methyl sites for hydroxylation is 1. The van der Waals surface area contributed by atoms with E-state index in [1.807, 2.05) is 32.3 Å². The number of pyridine rings is 1. The van der Waals surface area contributed by atoms with Crippen LogP contribution in [0, 0.1) is 0 Å². The van der Waals surface area contributed by atoms with Crippen molar-refractivity contribution in [3.05, 3.63) is 52.7 Å². The Balaban J connectivity index is 1.91. The lowest BCUT2D eigenvalue weighted by Gasteiger charge is -2.14. The van der Waals surface area contributed by atoms with E-state index >= 15 is 0 Å². The summed E-state index contributed by atoms with van der Waals surface area (Å²) < 4.78 is 7.35. The highest BCUT2D eigenvalue weighted by molar-refractivity contribution is 6.34. The van der Waals surface area contributed by atoms with Gasteiger partial charge in [-0.15, -0.1) is 11.6 Å². The van der Waals surface area contributed by atoms with Crippen LogP contribution < -0.4 is 5.32 Å². The summed E-state index contributed by atoms with van der Waals surface area (Å²) in [5, 5.41) is 7.75. The number of fused-ring (bicyclic) bond motifs is 1. The van der Waals surface area contributed by atoms with Gasteiger partial charge in [-0.25, -0.2) is 4.98 Å². The first-order valence-corrected chi connectivity index (χ1v) is 10.4. The highest BCUT2D eigenvalue weighted by Crippen LogP contribution is 2.36. The molecule has 0 aromatic carbocycles. The Hall–Kier alpha value is -2.31. The smallest absolute Gasteiger partial charge is 0.169 e. The summed E-state index contributed by atoms with van der Waals surface area (Å²) in [5.41, 5.74) is 3.20. The Bertz CT molecular complexity index is 965. The van der Waals surface area contributed by atoms with Crippen molar-refractivity contribution in [3.63, 3.8) is 0 Å². The third-order valence-electron chi connectivity index (χ3n) is 4.77. The Morgan fingerprint density at radius 3 is 2.86 bits per heavy atom. The number of nitrogens with one attached hydrogen (secondary N) is 1. The second-order valence-electron chi connectivity index (χ2n) is 6.78. The van der Waals surface area contributed by atoms with Crippen molar-refractivity contribution in [1.82, 2.24) is 14.8 Å². The fourth-order valence-electron chi connectivity index (χ4n) is 3.27. The van der Waals surface area contributed by atoms with Crippen LogP contribution in [0.2, 0.25) is 0 Å². The SMILES string of the molecule is CCOC(=C/CCCl)/C(Cl)=C(\C)C(=O)C1CNc2ncc(-c3cnn(C)c3)cc21. The van der Waals surface area contributed by atoms with E-state index in [9.17, 15) is 4.79 Å². The van der Waals surface area contributed by atoms with Crippen LogP contribution in [0.25, 0.3) is 11.1 Å². The zero-order chi connectivity index (χ0) is 21.0. The van der Waals surface area contributed by atoms with Crippen LogP contribution in [0.5, 0.6) is 0 Å². The van der Waals surface area contributed by atoms with Gasteiger partial charge in [-0.1, -0.05) is 11.6 Å². The first-order valence-electron chi connectivity index (χ1n) is 9.49. The van der Waals surface area contributed by atoms with E-state index < -0.39 is 0 Å². The van der Waals surface area contributed by atoms with Crippen molar-refractivity contribution >= 4 is 34.8 Å². The van der Waals surface area contributed by atoms with Crippen LogP contribution in [-0.2, 0) is 16.6 Å². The quantitative estimate of drug-likeness (QED) is 0.284. The third kappa shape index (κ3) is 4.65. The van der Waals surface area contributed by atoms with Crippen molar-refractivity contribution in [2.75, 3.05) is 24.3 Å². The largest absolute Gasteiger partial charge is 0.493 e. The summed E-state index contributed by atoms with van der Waals surface area (Å²) in [6.07, 6.45) is 7.91. The monoisotopic (exact) mass is 434 g/mol. The molecule has 1 atom stereocenters. The molecule has 0 saturated carbocycles. The van der Waals surface area contributed by atoms with Gasteiger partial charge in [0.15, 0.2) is 5.78 Å². The molecule has 0 amide bonds. The predicted molar refractivity (Wildman–Crippen MR) is 116 cm³/mol. The molecule has 2 aromatic rings. The minimum atomic E-state index is -0.362. The number of aromatic nitrogens is 3. The maximum absolute atomic E-state index is 13.2. The zero-order valence-electron chi connectivity index (χ0n) is 16.7. The molecular formula is C21H24Cl2N4O2. The molecule has 0 spiro atoms. The van der Waals surface area contributed by atoms with E-state index in [1.165, 1.54) is 0 Å². The van der Waals surface area contributed by atoms with Crippen LogP contribution in [-0.4, -0.2) is 39.6 Å². The molecule has 0 bridgehead atoms. The summed E-state index contributed by atoms with van der Waals surface area (Å²) in [4.78, 5) is 17.7. The summed E-state index contributed by atoms with van der Waals surface area (Å²) in [7, 11) is 1.86. The second-order valence-corrected chi connectivity index (χ2v) is 7.54. The maximum atomic E-state index is 13.2. The van der Waals surface area contributed by atoms with Crippen molar-refractivity contribution < 1.29 is 9.53 Å². The van der Waals surface area contributed by atoms with Crippen molar-refractivity contribution in [2.24, 2.45) is 7.05 Å². The highest BCUT2D eigenvalue weighted by Gasteiger charge is 2.32. The van der Waals surface area contributed by atoms with Crippen molar-refractivity contribution in [2.45, 2.75) is 26.2 Å². The first kappa shape index (κ1) is 21.4. The van der Waals surface area contributed by atoms with E-state index in [1.54, 1.807) is 24.0 Å². The molecule has 0 fully saturated rings. The Labute approximate surface area is 180 Å². The minimum Gasteiger partial charge on any atom is -0.493 e. The summed E-state index contributed by atoms with van der Waals surface area (Å²) in [5.74, 6) is 1.26. The number of rotatable bonds is 8. The number of ketones is 1. The fraction of sp³-hybridized carbons (Fsp3) is 0.381. The van der Waals surface area contributed by atoms with Crippen LogP contribution >= 0.6 is 23.2 Å². The molecule has 2 aromatic heterocycles. The average Bonchev–Trinajstić information content (AvgIpc) is 3.35. The number of allylic oxidation sites excluding steroid dienone is 3. The number of carbonyl (C=O) groups excluding carboxylic acids is 1. The Morgan fingerprint density at radius 2 is 2.21 bits per heavy atom. The van der Waals surface area contributed by atoms with Gasteiger partial charge in [0.1, 0.15) is 11.6 Å². The Morgan fingerprint density at radius 1 is 1.41 bits per heavy atom. The van der Waals surface area contributed by atoms with Gasteiger partial charge in [0, 0.05) is 54.1 Å². The molecule has 3 heterocycles. The number of ether oxygens (including phenoxy) is 1.